The second-order valence-electron chi connectivity index (χ2n) is 9.89. The highest BCUT2D eigenvalue weighted by Crippen LogP contribution is 2.32. The smallest absolute Gasteiger partial charge is 0.251 e. The van der Waals surface area contributed by atoms with Crippen LogP contribution in [0, 0.1) is 40.9 Å². The molecule has 13 nitrogen and oxygen atoms in total. The molecule has 2 aromatic carbocycles. The number of anilines is 3. The van der Waals surface area contributed by atoms with Crippen LogP contribution in [-0.2, 0) is 21.4 Å². The van der Waals surface area contributed by atoms with Gasteiger partial charge < -0.3 is 10.2 Å². The minimum atomic E-state index is -3.71. The predicted molar refractivity (Wildman–Crippen MR) is 172 cm³/mol. The van der Waals surface area contributed by atoms with Gasteiger partial charge in [-0.1, -0.05) is 24.6 Å². The number of hydrogen-bond acceptors (Lipinski definition) is 10. The number of amides is 1. The third-order valence-electron chi connectivity index (χ3n) is 6.65. The summed E-state index contributed by atoms with van der Waals surface area (Å²) in [6, 6.07) is 16.2. The van der Waals surface area contributed by atoms with Crippen LogP contribution in [0.15, 0.2) is 46.6 Å². The zero-order chi connectivity index (χ0) is 33.0. The fourth-order valence-electron chi connectivity index (χ4n) is 4.32. The molecule has 3 rings (SSSR count). The highest BCUT2D eigenvalue weighted by atomic mass is 35.5. The number of unbranched alkanes of at least 4 members (excludes halogenated alkanes) is 1. The largest absolute Gasteiger partial charge is 0.371 e. The molecule has 2 N–H and O–H groups in total. The lowest BCUT2D eigenvalue weighted by Gasteiger charge is -2.23. The number of rotatable bonds is 15. The van der Waals surface area contributed by atoms with E-state index in [9.17, 15) is 23.7 Å². The highest BCUT2D eigenvalue weighted by Gasteiger charge is 2.19. The maximum absolute atomic E-state index is 12.7. The molecular formula is C30H33ClN10O3S. The number of aromatic nitrogens is 2. The first-order valence-electron chi connectivity index (χ1n) is 14.2. The Morgan fingerprint density at radius 2 is 1.84 bits per heavy atom. The molecule has 1 aromatic heterocycles. The molecule has 0 aliphatic carbocycles. The fourth-order valence-corrected chi connectivity index (χ4v) is 5.73. The number of nitriles is 3. The van der Waals surface area contributed by atoms with Crippen molar-refractivity contribution in [1.29, 1.82) is 15.8 Å². The van der Waals surface area contributed by atoms with E-state index in [-0.39, 0.29) is 53.4 Å². The maximum Gasteiger partial charge on any atom is 0.251 e. The van der Waals surface area contributed by atoms with Crippen molar-refractivity contribution in [3.63, 3.8) is 0 Å². The van der Waals surface area contributed by atoms with Crippen molar-refractivity contribution < 1.29 is 13.2 Å². The molecule has 3 aromatic rings. The number of aryl methyl sites for hydroxylation is 1. The average Bonchev–Trinajstić information content (AvgIpc) is 3.37. The minimum absolute atomic E-state index is 0.0170. The number of benzene rings is 2. The first kappa shape index (κ1) is 34.5. The Morgan fingerprint density at radius 1 is 1.07 bits per heavy atom. The van der Waals surface area contributed by atoms with Gasteiger partial charge in [0.1, 0.15) is 17.8 Å². The van der Waals surface area contributed by atoms with Gasteiger partial charge in [0.05, 0.1) is 34.6 Å². The van der Waals surface area contributed by atoms with E-state index < -0.39 is 10.0 Å². The summed E-state index contributed by atoms with van der Waals surface area (Å²) in [7, 11) is -3.71. The van der Waals surface area contributed by atoms with Crippen molar-refractivity contribution in [3.05, 3.63) is 58.4 Å². The molecule has 0 fully saturated rings. The number of azo groups is 1. The Labute approximate surface area is 267 Å². The Morgan fingerprint density at radius 3 is 2.51 bits per heavy atom. The molecule has 0 radical (unpaired) electrons. The molecule has 0 saturated carbocycles. The number of carbonyl (C=O) groups excluding carboxylic acids is 1. The SMILES string of the molecule is CCC(=O)Nc1cc(N(CC)CCC#N)ccc1N=Nc1nc(C#N)c(C#N)n1CCCCS(=O)(=O)Nc1cc(C)ccc1Cl. The van der Waals surface area contributed by atoms with Crippen LogP contribution < -0.4 is 14.9 Å². The summed E-state index contributed by atoms with van der Waals surface area (Å²) in [5, 5.41) is 39.9. The zero-order valence-corrected chi connectivity index (χ0v) is 26.8. The zero-order valence-electron chi connectivity index (χ0n) is 25.2. The highest BCUT2D eigenvalue weighted by molar-refractivity contribution is 7.92. The van der Waals surface area contributed by atoms with Gasteiger partial charge in [-0.3, -0.25) is 14.1 Å². The van der Waals surface area contributed by atoms with Gasteiger partial charge in [-0.2, -0.15) is 20.8 Å². The number of nitrogens with one attached hydrogen (secondary N) is 2. The molecule has 0 aliphatic rings. The van der Waals surface area contributed by atoms with E-state index in [2.05, 4.69) is 31.3 Å². The van der Waals surface area contributed by atoms with E-state index in [1.165, 1.54) is 4.57 Å². The molecule has 234 valence electrons. The standard InChI is InChI=1S/C30H33ClN10O3S/c1-4-29(42)35-26-18-22(40(5-2)14-8-13-32)10-12-24(26)37-38-30-36-27(19-33)28(20-34)41(30)15-6-7-16-45(43,44)39-25-17-21(3)9-11-23(25)31/h9-12,17-18,39H,4-8,14-16H2,1-3H3,(H,35,42). The normalized spacial score (nSPS) is 11.0. The van der Waals surface area contributed by atoms with Gasteiger partial charge in [0.25, 0.3) is 5.95 Å². The van der Waals surface area contributed by atoms with Gasteiger partial charge in [-0.25, -0.2) is 8.42 Å². The molecule has 45 heavy (non-hydrogen) atoms. The van der Waals surface area contributed by atoms with Gasteiger partial charge in [0.2, 0.25) is 15.9 Å². The average molecular weight is 649 g/mol. The summed E-state index contributed by atoms with van der Waals surface area (Å²) >= 11 is 6.13. The molecule has 0 aliphatic heterocycles. The van der Waals surface area contributed by atoms with Crippen LogP contribution in [0.4, 0.5) is 28.7 Å². The van der Waals surface area contributed by atoms with Crippen molar-refractivity contribution in [2.24, 2.45) is 10.2 Å². The molecule has 0 bridgehead atoms. The Kier molecular flexibility index (Phi) is 12.4. The molecule has 0 unspecified atom stereocenters. The maximum atomic E-state index is 12.7. The Bertz CT molecular complexity index is 1800. The van der Waals surface area contributed by atoms with Crippen molar-refractivity contribution >= 4 is 56.2 Å². The number of halogens is 1. The second kappa shape index (κ2) is 16.2. The van der Waals surface area contributed by atoms with E-state index in [0.29, 0.717) is 43.0 Å². The molecule has 0 spiro atoms. The Balaban J connectivity index is 1.83. The summed E-state index contributed by atoms with van der Waals surface area (Å²) in [6.45, 7) is 6.81. The van der Waals surface area contributed by atoms with Crippen molar-refractivity contribution in [2.45, 2.75) is 53.0 Å². The molecule has 0 saturated heterocycles. The van der Waals surface area contributed by atoms with Crippen LogP contribution in [-0.4, -0.2) is 42.7 Å². The van der Waals surface area contributed by atoms with Gasteiger partial charge in [0.15, 0.2) is 11.4 Å². The third-order valence-corrected chi connectivity index (χ3v) is 8.34. The molecule has 1 heterocycles. The summed E-state index contributed by atoms with van der Waals surface area (Å²) in [4.78, 5) is 18.4. The molecular weight excluding hydrogens is 616 g/mol. The van der Waals surface area contributed by atoms with Crippen LogP contribution >= 0.6 is 11.6 Å². The van der Waals surface area contributed by atoms with E-state index >= 15 is 0 Å². The summed E-state index contributed by atoms with van der Waals surface area (Å²) in [5.41, 5.74) is 2.48. The lowest BCUT2D eigenvalue weighted by molar-refractivity contribution is -0.115. The number of sulfonamides is 1. The predicted octanol–water partition coefficient (Wildman–Crippen LogP) is 6.31. The van der Waals surface area contributed by atoms with Gasteiger partial charge >= 0.3 is 0 Å². The first-order valence-corrected chi connectivity index (χ1v) is 16.2. The van der Waals surface area contributed by atoms with Crippen molar-refractivity contribution in [1.82, 2.24) is 9.55 Å². The van der Waals surface area contributed by atoms with E-state index in [1.807, 2.05) is 30.9 Å². The van der Waals surface area contributed by atoms with Crippen molar-refractivity contribution in [2.75, 3.05) is 33.8 Å². The van der Waals surface area contributed by atoms with Gasteiger partial charge in [-0.15, -0.1) is 10.2 Å². The first-order chi connectivity index (χ1) is 21.5. The topological polar surface area (TPSA) is 192 Å². The van der Waals surface area contributed by atoms with E-state index in [0.717, 1.165) is 11.3 Å². The fraction of sp³-hybridized carbons (Fsp3) is 0.367. The lowest BCUT2D eigenvalue weighted by atomic mass is 10.2. The van der Waals surface area contributed by atoms with E-state index in [1.54, 1.807) is 43.3 Å². The summed E-state index contributed by atoms with van der Waals surface area (Å²) < 4.78 is 29.3. The quantitative estimate of drug-likeness (QED) is 0.141. The second-order valence-corrected chi connectivity index (χ2v) is 12.1. The van der Waals surface area contributed by atoms with Gasteiger partial charge in [-0.05, 0) is 62.6 Å². The van der Waals surface area contributed by atoms with Crippen LogP contribution in [0.3, 0.4) is 0 Å². The summed E-state index contributed by atoms with van der Waals surface area (Å²) in [6.07, 6.45) is 1.12. The van der Waals surface area contributed by atoms with Crippen LogP contribution in [0.5, 0.6) is 0 Å². The van der Waals surface area contributed by atoms with Crippen LogP contribution in [0.25, 0.3) is 0 Å². The minimum Gasteiger partial charge on any atom is -0.371 e. The molecule has 15 heteroatoms. The number of carbonyl (C=O) groups is 1. The summed E-state index contributed by atoms with van der Waals surface area (Å²) in [5.74, 6) is -0.458. The van der Waals surface area contributed by atoms with Crippen molar-refractivity contribution in [3.8, 4) is 18.2 Å². The molecule has 0 atom stereocenters. The lowest BCUT2D eigenvalue weighted by Crippen LogP contribution is -2.23. The van der Waals surface area contributed by atoms with E-state index in [4.69, 9.17) is 16.9 Å². The van der Waals surface area contributed by atoms with Gasteiger partial charge in [0, 0.05) is 31.7 Å². The number of imidazole rings is 1. The van der Waals surface area contributed by atoms with Crippen LogP contribution in [0.1, 0.15) is 56.5 Å². The number of nitrogens with zero attached hydrogens (tertiary/aromatic N) is 8. The molecule has 1 amide bonds. The monoisotopic (exact) mass is 648 g/mol. The van der Waals surface area contributed by atoms with Crippen LogP contribution in [0.2, 0.25) is 5.02 Å². The number of hydrogen-bond donors (Lipinski definition) is 2. The Hall–Kier alpha value is -4.97. The third kappa shape index (κ3) is 9.51.